The molecule has 1 heterocycles. The highest BCUT2D eigenvalue weighted by Crippen LogP contribution is 2.35. The first-order valence-corrected chi connectivity index (χ1v) is 10.4. The lowest BCUT2D eigenvalue weighted by atomic mass is 10.1. The average molecular weight is 468 g/mol. The van der Waals surface area contributed by atoms with Gasteiger partial charge in [0.15, 0.2) is 5.82 Å². The Hall–Kier alpha value is -3.91. The van der Waals surface area contributed by atoms with Gasteiger partial charge in [0.1, 0.15) is 28.7 Å². The van der Waals surface area contributed by atoms with E-state index in [9.17, 15) is 13.6 Å². The molecule has 3 aromatic carbocycles. The van der Waals surface area contributed by atoms with Crippen molar-refractivity contribution in [1.82, 2.24) is 15.1 Å². The lowest BCUT2D eigenvalue weighted by molar-refractivity contribution is 0.252. The SMILES string of the molecule is Cc1cccc(CNC(=O)Nc2c(-c3ccc(Cl)cc3)nn(-c3cc(F)ccc3F)c2N)c1. The standard InChI is InChI=1S/C24H20ClF2N5O/c1-14-3-2-4-15(11-14)13-29-24(33)30-22-21(16-5-7-17(25)8-6-16)31-32(23(22)28)20-12-18(26)9-10-19(20)27/h2-12H,13,28H2,1H3,(H2,29,30,33). The van der Waals surface area contributed by atoms with Crippen LogP contribution in [0.2, 0.25) is 5.02 Å². The largest absolute Gasteiger partial charge is 0.382 e. The summed E-state index contributed by atoms with van der Waals surface area (Å²) in [5, 5.41) is 10.3. The van der Waals surface area contributed by atoms with Gasteiger partial charge in [-0.25, -0.2) is 18.3 Å². The molecular formula is C24H20ClF2N5O. The summed E-state index contributed by atoms with van der Waals surface area (Å²) < 4.78 is 29.3. The molecule has 0 unspecified atom stereocenters. The van der Waals surface area contributed by atoms with Crippen LogP contribution >= 0.6 is 11.6 Å². The number of aromatic nitrogens is 2. The zero-order chi connectivity index (χ0) is 23.5. The Kier molecular flexibility index (Phi) is 6.28. The topological polar surface area (TPSA) is 85.0 Å². The van der Waals surface area contributed by atoms with Gasteiger partial charge < -0.3 is 16.4 Å². The van der Waals surface area contributed by atoms with Crippen molar-refractivity contribution in [3.05, 3.63) is 94.5 Å². The van der Waals surface area contributed by atoms with Crippen molar-refractivity contribution in [2.75, 3.05) is 11.1 Å². The number of nitrogens with two attached hydrogens (primary N) is 1. The summed E-state index contributed by atoms with van der Waals surface area (Å²) in [7, 11) is 0. The fourth-order valence-electron chi connectivity index (χ4n) is 3.36. The van der Waals surface area contributed by atoms with Crippen LogP contribution in [0.4, 0.5) is 25.1 Å². The van der Waals surface area contributed by atoms with E-state index in [1.807, 2.05) is 31.2 Å². The Balaban J connectivity index is 1.69. The van der Waals surface area contributed by atoms with Crippen LogP contribution in [0.3, 0.4) is 0 Å². The van der Waals surface area contributed by atoms with Gasteiger partial charge in [0, 0.05) is 23.2 Å². The molecule has 1 aromatic heterocycles. The van der Waals surface area contributed by atoms with Gasteiger partial charge in [0.2, 0.25) is 0 Å². The number of anilines is 2. The average Bonchev–Trinajstić information content (AvgIpc) is 3.10. The molecule has 0 saturated heterocycles. The second-order valence-corrected chi connectivity index (χ2v) is 7.86. The molecule has 9 heteroatoms. The highest BCUT2D eigenvalue weighted by molar-refractivity contribution is 6.30. The summed E-state index contributed by atoms with van der Waals surface area (Å²) in [5.74, 6) is -1.43. The molecule has 0 saturated carbocycles. The van der Waals surface area contributed by atoms with Gasteiger partial charge in [-0.1, -0.05) is 53.6 Å². The van der Waals surface area contributed by atoms with Crippen molar-refractivity contribution in [3.63, 3.8) is 0 Å². The van der Waals surface area contributed by atoms with E-state index >= 15 is 0 Å². The first-order chi connectivity index (χ1) is 15.8. The van der Waals surface area contributed by atoms with Gasteiger partial charge in [0.25, 0.3) is 0 Å². The van der Waals surface area contributed by atoms with Crippen molar-refractivity contribution < 1.29 is 13.6 Å². The third-order valence-electron chi connectivity index (χ3n) is 4.95. The first kappa shape index (κ1) is 22.3. The minimum absolute atomic E-state index is 0.0600. The molecule has 0 spiro atoms. The molecule has 0 atom stereocenters. The van der Waals surface area contributed by atoms with E-state index in [4.69, 9.17) is 17.3 Å². The molecule has 2 amide bonds. The maximum Gasteiger partial charge on any atom is 0.319 e. The molecule has 0 bridgehead atoms. The van der Waals surface area contributed by atoms with E-state index in [1.165, 1.54) is 0 Å². The number of benzene rings is 3. The van der Waals surface area contributed by atoms with Crippen molar-refractivity contribution >= 4 is 29.1 Å². The fraction of sp³-hybridized carbons (Fsp3) is 0.0833. The number of halogens is 3. The van der Waals surface area contributed by atoms with Crippen LogP contribution in [-0.2, 0) is 6.54 Å². The number of hydrogen-bond acceptors (Lipinski definition) is 3. The molecule has 168 valence electrons. The highest BCUT2D eigenvalue weighted by atomic mass is 35.5. The van der Waals surface area contributed by atoms with Crippen LogP contribution in [0.1, 0.15) is 11.1 Å². The Labute approximate surface area is 194 Å². The molecule has 33 heavy (non-hydrogen) atoms. The van der Waals surface area contributed by atoms with E-state index in [1.54, 1.807) is 24.3 Å². The number of rotatable bonds is 5. The number of carbonyl (C=O) groups excluding carboxylic acids is 1. The monoisotopic (exact) mass is 467 g/mol. The lowest BCUT2D eigenvalue weighted by Gasteiger charge is -2.10. The van der Waals surface area contributed by atoms with Crippen LogP contribution in [0.5, 0.6) is 0 Å². The number of aryl methyl sites for hydroxylation is 1. The van der Waals surface area contributed by atoms with Gasteiger partial charge >= 0.3 is 6.03 Å². The summed E-state index contributed by atoms with van der Waals surface area (Å²) >= 11 is 5.98. The number of carbonyl (C=O) groups is 1. The zero-order valence-corrected chi connectivity index (χ0v) is 18.3. The van der Waals surface area contributed by atoms with Crippen molar-refractivity contribution in [3.8, 4) is 16.9 Å². The van der Waals surface area contributed by atoms with E-state index < -0.39 is 17.7 Å². The Bertz CT molecular complexity index is 1320. The lowest BCUT2D eigenvalue weighted by Crippen LogP contribution is -2.28. The molecule has 0 radical (unpaired) electrons. The number of amides is 2. The molecular weight excluding hydrogens is 448 g/mol. The summed E-state index contributed by atoms with van der Waals surface area (Å²) in [6, 6.07) is 16.8. The third kappa shape index (κ3) is 4.96. The summed E-state index contributed by atoms with van der Waals surface area (Å²) in [6.07, 6.45) is 0. The number of nitrogen functional groups attached to an aromatic ring is 1. The molecule has 4 rings (SSSR count). The number of nitrogens with one attached hydrogen (secondary N) is 2. The van der Waals surface area contributed by atoms with Crippen LogP contribution in [0.15, 0.2) is 66.7 Å². The van der Waals surface area contributed by atoms with Gasteiger partial charge in [0.05, 0.1) is 0 Å². The number of urea groups is 1. The van der Waals surface area contributed by atoms with Crippen molar-refractivity contribution in [1.29, 1.82) is 0 Å². The Morgan fingerprint density at radius 3 is 2.58 bits per heavy atom. The first-order valence-electron chi connectivity index (χ1n) is 10.0. The minimum atomic E-state index is -0.719. The highest BCUT2D eigenvalue weighted by Gasteiger charge is 2.22. The fourth-order valence-corrected chi connectivity index (χ4v) is 3.48. The minimum Gasteiger partial charge on any atom is -0.382 e. The second-order valence-electron chi connectivity index (χ2n) is 7.42. The predicted molar refractivity (Wildman–Crippen MR) is 125 cm³/mol. The van der Waals surface area contributed by atoms with Crippen LogP contribution in [0.25, 0.3) is 16.9 Å². The zero-order valence-electron chi connectivity index (χ0n) is 17.6. The predicted octanol–water partition coefficient (Wildman–Crippen LogP) is 5.68. The summed E-state index contributed by atoms with van der Waals surface area (Å²) in [4.78, 5) is 12.7. The molecule has 4 aromatic rings. The molecule has 6 nitrogen and oxygen atoms in total. The van der Waals surface area contributed by atoms with E-state index in [0.29, 0.717) is 10.6 Å². The van der Waals surface area contributed by atoms with Gasteiger partial charge in [-0.15, -0.1) is 0 Å². The van der Waals surface area contributed by atoms with Gasteiger partial charge in [-0.2, -0.15) is 5.10 Å². The van der Waals surface area contributed by atoms with Crippen LogP contribution < -0.4 is 16.4 Å². The normalized spacial score (nSPS) is 10.8. The molecule has 4 N–H and O–H groups in total. The molecule has 0 fully saturated rings. The van der Waals surface area contributed by atoms with Crippen LogP contribution in [-0.4, -0.2) is 15.8 Å². The van der Waals surface area contributed by atoms with Gasteiger partial charge in [-0.3, -0.25) is 0 Å². The quantitative estimate of drug-likeness (QED) is 0.353. The van der Waals surface area contributed by atoms with Gasteiger partial charge in [-0.05, 0) is 36.8 Å². The molecule has 0 aliphatic rings. The van der Waals surface area contributed by atoms with Crippen molar-refractivity contribution in [2.24, 2.45) is 0 Å². The summed E-state index contributed by atoms with van der Waals surface area (Å²) in [6.45, 7) is 2.25. The smallest absolute Gasteiger partial charge is 0.319 e. The van der Waals surface area contributed by atoms with Crippen LogP contribution in [0, 0.1) is 18.6 Å². The van der Waals surface area contributed by atoms with E-state index in [-0.39, 0.29) is 29.4 Å². The number of nitrogens with zero attached hydrogens (tertiary/aromatic N) is 2. The Morgan fingerprint density at radius 2 is 1.85 bits per heavy atom. The number of hydrogen-bond donors (Lipinski definition) is 3. The van der Waals surface area contributed by atoms with E-state index in [0.717, 1.165) is 34.0 Å². The maximum atomic E-state index is 14.4. The maximum absolute atomic E-state index is 14.4. The van der Waals surface area contributed by atoms with Crippen molar-refractivity contribution in [2.45, 2.75) is 13.5 Å². The molecule has 0 aliphatic carbocycles. The molecule has 0 aliphatic heterocycles. The Morgan fingerprint density at radius 1 is 1.09 bits per heavy atom. The summed E-state index contributed by atoms with van der Waals surface area (Å²) in [5.41, 5.74) is 9.06. The third-order valence-corrected chi connectivity index (χ3v) is 5.20. The second kappa shape index (κ2) is 9.30. The van der Waals surface area contributed by atoms with E-state index in [2.05, 4.69) is 15.7 Å².